The molecule has 0 radical (unpaired) electrons. The largest absolute Gasteiger partial charge is 0.355 e. The number of carbonyl (C=O) groups is 1. The Balaban J connectivity index is 3.55. The third-order valence-electron chi connectivity index (χ3n) is 1.94. The zero-order valence-electron chi connectivity index (χ0n) is 9.28. The molecule has 15 heavy (non-hydrogen) atoms. The maximum absolute atomic E-state index is 11.1. The Morgan fingerprint density at radius 2 is 2.00 bits per heavy atom. The molecule has 90 valence electrons. The van der Waals surface area contributed by atoms with Crippen LogP contribution < -0.4 is 5.32 Å². The molecular formula is C9H19NO4S. The van der Waals surface area contributed by atoms with E-state index in [2.05, 4.69) is 16.4 Å². The molecule has 1 N–H and O–H groups in total. The highest BCUT2D eigenvalue weighted by Crippen LogP contribution is 1.98. The minimum atomic E-state index is -3.46. The highest BCUT2D eigenvalue weighted by Gasteiger charge is 2.08. The van der Waals surface area contributed by atoms with Crippen LogP contribution in [-0.4, -0.2) is 33.7 Å². The molecule has 0 saturated heterocycles. The van der Waals surface area contributed by atoms with Crippen LogP contribution in [0, 0.1) is 0 Å². The van der Waals surface area contributed by atoms with Gasteiger partial charge in [0.2, 0.25) is 5.91 Å². The van der Waals surface area contributed by atoms with E-state index in [4.69, 9.17) is 0 Å². The molecule has 0 unspecified atom stereocenters. The van der Waals surface area contributed by atoms with Gasteiger partial charge in [0.15, 0.2) is 0 Å². The van der Waals surface area contributed by atoms with Crippen LogP contribution in [0.15, 0.2) is 0 Å². The molecule has 0 aliphatic rings. The highest BCUT2D eigenvalue weighted by atomic mass is 32.2. The Morgan fingerprint density at radius 1 is 1.33 bits per heavy atom. The molecule has 0 aliphatic heterocycles. The lowest BCUT2D eigenvalue weighted by Gasteiger charge is -2.04. The summed E-state index contributed by atoms with van der Waals surface area (Å²) in [6, 6.07) is 0. The number of hydrogen-bond donors (Lipinski definition) is 1. The molecule has 0 atom stereocenters. The Hall–Kier alpha value is -0.620. The average molecular weight is 237 g/mol. The van der Waals surface area contributed by atoms with Gasteiger partial charge in [0, 0.05) is 13.0 Å². The molecule has 0 saturated carbocycles. The molecule has 0 spiro atoms. The van der Waals surface area contributed by atoms with Crippen LogP contribution in [0.3, 0.4) is 0 Å². The second kappa shape index (κ2) is 7.64. The first-order chi connectivity index (χ1) is 7.02. The second-order valence-corrected chi connectivity index (χ2v) is 5.09. The van der Waals surface area contributed by atoms with E-state index in [-0.39, 0.29) is 18.2 Å². The summed E-state index contributed by atoms with van der Waals surface area (Å²) in [5.74, 6) is -0.280. The van der Waals surface area contributed by atoms with Crippen LogP contribution in [0.4, 0.5) is 0 Å². The lowest BCUT2D eigenvalue weighted by Crippen LogP contribution is -2.29. The fourth-order valence-electron chi connectivity index (χ4n) is 1.02. The van der Waals surface area contributed by atoms with E-state index in [0.29, 0.717) is 6.42 Å². The van der Waals surface area contributed by atoms with Crippen molar-refractivity contribution in [1.29, 1.82) is 0 Å². The van der Waals surface area contributed by atoms with Crippen molar-refractivity contribution in [2.75, 3.05) is 19.4 Å². The smallest absolute Gasteiger partial charge is 0.268 e. The fraction of sp³-hybridized carbons (Fsp3) is 0.889. The SMILES string of the molecule is CCCCCC(=O)NCCS(=O)(=O)OC. The fourth-order valence-corrected chi connectivity index (χ4v) is 1.54. The van der Waals surface area contributed by atoms with Crippen molar-refractivity contribution >= 4 is 16.0 Å². The van der Waals surface area contributed by atoms with Gasteiger partial charge in [0.05, 0.1) is 12.9 Å². The molecule has 0 rings (SSSR count). The van der Waals surface area contributed by atoms with E-state index in [0.717, 1.165) is 26.4 Å². The van der Waals surface area contributed by atoms with Crippen molar-refractivity contribution in [2.24, 2.45) is 0 Å². The number of amides is 1. The lowest BCUT2D eigenvalue weighted by atomic mass is 10.2. The first-order valence-electron chi connectivity index (χ1n) is 5.07. The van der Waals surface area contributed by atoms with Crippen molar-refractivity contribution in [3.63, 3.8) is 0 Å². The molecular weight excluding hydrogens is 218 g/mol. The van der Waals surface area contributed by atoms with Gasteiger partial charge in [-0.2, -0.15) is 8.42 Å². The Morgan fingerprint density at radius 3 is 2.53 bits per heavy atom. The van der Waals surface area contributed by atoms with Gasteiger partial charge in [-0.05, 0) is 6.42 Å². The van der Waals surface area contributed by atoms with Gasteiger partial charge in [-0.25, -0.2) is 0 Å². The van der Waals surface area contributed by atoms with Gasteiger partial charge in [0.25, 0.3) is 10.1 Å². The van der Waals surface area contributed by atoms with Gasteiger partial charge < -0.3 is 5.32 Å². The van der Waals surface area contributed by atoms with Gasteiger partial charge in [-0.1, -0.05) is 19.8 Å². The van der Waals surface area contributed by atoms with Crippen LogP contribution >= 0.6 is 0 Å². The quantitative estimate of drug-likeness (QED) is 0.497. The van der Waals surface area contributed by atoms with Gasteiger partial charge in [-0.15, -0.1) is 0 Å². The number of carbonyl (C=O) groups excluding carboxylic acids is 1. The molecule has 0 bridgehead atoms. The molecule has 0 aromatic carbocycles. The zero-order chi connectivity index (χ0) is 11.7. The summed E-state index contributed by atoms with van der Waals surface area (Å²) in [5.41, 5.74) is 0. The topological polar surface area (TPSA) is 72.5 Å². The van der Waals surface area contributed by atoms with E-state index < -0.39 is 10.1 Å². The predicted molar refractivity (Wildman–Crippen MR) is 57.9 cm³/mol. The maximum Gasteiger partial charge on any atom is 0.268 e. The monoisotopic (exact) mass is 237 g/mol. The maximum atomic E-state index is 11.1. The van der Waals surface area contributed by atoms with Crippen molar-refractivity contribution in [2.45, 2.75) is 32.6 Å². The summed E-state index contributed by atoms with van der Waals surface area (Å²) in [5, 5.41) is 2.53. The third-order valence-corrected chi connectivity index (χ3v) is 3.15. The van der Waals surface area contributed by atoms with Crippen LogP contribution in [0.5, 0.6) is 0 Å². The minimum Gasteiger partial charge on any atom is -0.355 e. The van der Waals surface area contributed by atoms with E-state index in [9.17, 15) is 13.2 Å². The molecule has 0 aromatic rings. The first kappa shape index (κ1) is 14.4. The average Bonchev–Trinajstić information content (AvgIpc) is 2.18. The summed E-state index contributed by atoms with van der Waals surface area (Å²) in [4.78, 5) is 11.1. The third kappa shape index (κ3) is 8.38. The van der Waals surface area contributed by atoms with E-state index in [1.54, 1.807) is 0 Å². The predicted octanol–water partition coefficient (Wildman–Crippen LogP) is 0.659. The minimum absolute atomic E-state index is 0.102. The normalized spacial score (nSPS) is 11.3. The number of nitrogens with one attached hydrogen (secondary N) is 1. The Labute approximate surface area is 91.3 Å². The van der Waals surface area contributed by atoms with Crippen LogP contribution in [0.25, 0.3) is 0 Å². The standard InChI is InChI=1S/C9H19NO4S/c1-3-4-5-6-9(11)10-7-8-15(12,13)14-2/h3-8H2,1-2H3,(H,10,11). The molecule has 0 aliphatic carbocycles. The van der Waals surface area contributed by atoms with Gasteiger partial charge in [-0.3, -0.25) is 8.98 Å². The van der Waals surface area contributed by atoms with Crippen LogP contribution in [0.1, 0.15) is 32.6 Å². The number of hydrogen-bond acceptors (Lipinski definition) is 4. The van der Waals surface area contributed by atoms with Crippen molar-refractivity contribution in [3.05, 3.63) is 0 Å². The van der Waals surface area contributed by atoms with E-state index in [1.165, 1.54) is 0 Å². The summed E-state index contributed by atoms with van der Waals surface area (Å²) in [7, 11) is -2.35. The Bertz CT molecular complexity index is 274. The summed E-state index contributed by atoms with van der Waals surface area (Å²) < 4.78 is 26.0. The molecule has 6 heteroatoms. The summed E-state index contributed by atoms with van der Waals surface area (Å²) >= 11 is 0. The summed E-state index contributed by atoms with van der Waals surface area (Å²) in [6.07, 6.45) is 3.38. The highest BCUT2D eigenvalue weighted by molar-refractivity contribution is 7.86. The van der Waals surface area contributed by atoms with Gasteiger partial charge in [0.1, 0.15) is 0 Å². The van der Waals surface area contributed by atoms with Crippen LogP contribution in [-0.2, 0) is 19.1 Å². The number of unbranched alkanes of at least 4 members (excludes halogenated alkanes) is 2. The van der Waals surface area contributed by atoms with E-state index in [1.807, 2.05) is 0 Å². The molecule has 0 aromatic heterocycles. The Kier molecular flexibility index (Phi) is 7.33. The van der Waals surface area contributed by atoms with Gasteiger partial charge >= 0.3 is 0 Å². The first-order valence-corrected chi connectivity index (χ1v) is 6.64. The van der Waals surface area contributed by atoms with Crippen molar-refractivity contribution < 1.29 is 17.4 Å². The molecule has 0 heterocycles. The lowest BCUT2D eigenvalue weighted by molar-refractivity contribution is -0.121. The second-order valence-electron chi connectivity index (χ2n) is 3.24. The molecule has 1 amide bonds. The van der Waals surface area contributed by atoms with Crippen molar-refractivity contribution in [3.8, 4) is 0 Å². The zero-order valence-corrected chi connectivity index (χ0v) is 10.1. The number of rotatable bonds is 8. The van der Waals surface area contributed by atoms with Crippen molar-refractivity contribution in [1.82, 2.24) is 5.32 Å². The van der Waals surface area contributed by atoms with Crippen LogP contribution in [0.2, 0.25) is 0 Å². The van der Waals surface area contributed by atoms with E-state index >= 15 is 0 Å². The molecule has 5 nitrogen and oxygen atoms in total. The molecule has 0 fully saturated rings. The summed E-state index contributed by atoms with van der Waals surface area (Å²) in [6.45, 7) is 2.17.